The van der Waals surface area contributed by atoms with Crippen LogP contribution in [0.15, 0.2) is 18.3 Å². The lowest BCUT2D eigenvalue weighted by Gasteiger charge is -2.09. The predicted molar refractivity (Wildman–Crippen MR) is 51.3 cm³/mol. The van der Waals surface area contributed by atoms with Crippen molar-refractivity contribution < 1.29 is 0 Å². The number of aromatic amines is 1. The van der Waals surface area contributed by atoms with Gasteiger partial charge in [0.1, 0.15) is 4.64 Å². The molecule has 0 aliphatic heterocycles. The summed E-state index contributed by atoms with van der Waals surface area (Å²) < 4.78 is 0.789. The van der Waals surface area contributed by atoms with Crippen molar-refractivity contribution in [1.82, 2.24) is 4.98 Å². The first-order chi connectivity index (χ1) is 5.79. The predicted octanol–water partition coefficient (Wildman–Crippen LogP) is 2.15. The number of rotatable bonds is 2. The fourth-order valence-corrected chi connectivity index (χ4v) is 1.68. The molecule has 0 amide bonds. The lowest BCUT2D eigenvalue weighted by Crippen LogP contribution is -2.13. The van der Waals surface area contributed by atoms with E-state index in [0.717, 1.165) is 10.2 Å². The van der Waals surface area contributed by atoms with Crippen molar-refractivity contribution in [3.63, 3.8) is 0 Å². The van der Waals surface area contributed by atoms with E-state index in [1.54, 1.807) is 0 Å². The van der Waals surface area contributed by atoms with Crippen LogP contribution in [-0.2, 0) is 0 Å². The molecule has 0 spiro atoms. The molecule has 1 unspecified atom stereocenters. The Morgan fingerprint density at radius 2 is 2.33 bits per heavy atom. The second kappa shape index (κ2) is 2.99. The van der Waals surface area contributed by atoms with Crippen molar-refractivity contribution in [1.29, 1.82) is 0 Å². The number of hydrogen-bond acceptors (Lipinski definition) is 2. The summed E-state index contributed by atoms with van der Waals surface area (Å²) in [5.74, 6) is 0.669. The third kappa shape index (κ3) is 1.42. The molecule has 3 heteroatoms. The second-order valence-corrected chi connectivity index (χ2v) is 3.73. The molecule has 3 N–H and O–H groups in total. The minimum absolute atomic E-state index is 0.148. The zero-order chi connectivity index (χ0) is 8.55. The molecule has 1 fully saturated rings. The molecule has 1 saturated carbocycles. The highest BCUT2D eigenvalue weighted by Gasteiger charge is 2.29. The van der Waals surface area contributed by atoms with Crippen molar-refractivity contribution in [2.24, 2.45) is 11.7 Å². The summed E-state index contributed by atoms with van der Waals surface area (Å²) in [4.78, 5) is 3.00. The Labute approximate surface area is 76.8 Å². The van der Waals surface area contributed by atoms with Gasteiger partial charge in [-0.2, -0.15) is 0 Å². The molecule has 1 atom stereocenters. The number of H-pyrrole nitrogens is 1. The van der Waals surface area contributed by atoms with Gasteiger partial charge in [-0.3, -0.25) is 0 Å². The van der Waals surface area contributed by atoms with E-state index in [0.29, 0.717) is 5.92 Å². The summed E-state index contributed by atoms with van der Waals surface area (Å²) in [6.45, 7) is 0. The average Bonchev–Trinajstić information content (AvgIpc) is 2.86. The highest BCUT2D eigenvalue weighted by atomic mass is 32.1. The lowest BCUT2D eigenvalue weighted by atomic mass is 10.1. The second-order valence-electron chi connectivity index (χ2n) is 3.32. The monoisotopic (exact) mass is 180 g/mol. The highest BCUT2D eigenvalue weighted by molar-refractivity contribution is 7.71. The van der Waals surface area contributed by atoms with E-state index in [1.165, 1.54) is 12.8 Å². The zero-order valence-corrected chi connectivity index (χ0v) is 7.60. The van der Waals surface area contributed by atoms with Gasteiger partial charge >= 0.3 is 0 Å². The molecule has 0 radical (unpaired) electrons. The summed E-state index contributed by atoms with van der Waals surface area (Å²) in [6.07, 6.45) is 4.35. The van der Waals surface area contributed by atoms with E-state index in [4.69, 9.17) is 18.0 Å². The molecule has 2 rings (SSSR count). The summed E-state index contributed by atoms with van der Waals surface area (Å²) in [6, 6.07) is 4.12. The van der Waals surface area contributed by atoms with E-state index in [2.05, 4.69) is 4.98 Å². The van der Waals surface area contributed by atoms with Gasteiger partial charge in [-0.1, -0.05) is 18.3 Å². The zero-order valence-electron chi connectivity index (χ0n) is 6.79. The Kier molecular flexibility index (Phi) is 1.98. The van der Waals surface area contributed by atoms with Crippen molar-refractivity contribution in [3.05, 3.63) is 28.5 Å². The summed E-state index contributed by atoms with van der Waals surface area (Å²) in [5.41, 5.74) is 7.11. The number of aromatic nitrogens is 1. The molecular weight excluding hydrogens is 168 g/mol. The fraction of sp³-hybridized carbons (Fsp3) is 0.444. The number of hydrogen-bond donors (Lipinski definition) is 2. The molecule has 12 heavy (non-hydrogen) atoms. The van der Waals surface area contributed by atoms with Gasteiger partial charge in [0.25, 0.3) is 0 Å². The van der Waals surface area contributed by atoms with E-state index < -0.39 is 0 Å². The molecule has 1 aliphatic rings. The van der Waals surface area contributed by atoms with Crippen LogP contribution >= 0.6 is 12.2 Å². The molecule has 0 bridgehead atoms. The minimum Gasteiger partial charge on any atom is -0.353 e. The van der Waals surface area contributed by atoms with Gasteiger partial charge in [-0.15, -0.1) is 0 Å². The number of pyridine rings is 1. The van der Waals surface area contributed by atoms with Crippen LogP contribution in [0.2, 0.25) is 0 Å². The molecular formula is C9H12N2S. The number of nitrogens with one attached hydrogen (secondary N) is 1. The van der Waals surface area contributed by atoms with E-state index in [-0.39, 0.29) is 6.04 Å². The molecule has 64 valence electrons. The van der Waals surface area contributed by atoms with Gasteiger partial charge in [0.05, 0.1) is 0 Å². The van der Waals surface area contributed by atoms with E-state index >= 15 is 0 Å². The first kappa shape index (κ1) is 7.95. The molecule has 1 heterocycles. The van der Waals surface area contributed by atoms with Gasteiger partial charge in [0.15, 0.2) is 0 Å². The summed E-state index contributed by atoms with van der Waals surface area (Å²) in [7, 11) is 0. The maximum atomic E-state index is 6.01. The smallest absolute Gasteiger partial charge is 0.108 e. The minimum atomic E-state index is 0.148. The summed E-state index contributed by atoms with van der Waals surface area (Å²) in [5, 5.41) is 0. The van der Waals surface area contributed by atoms with Crippen LogP contribution in [0.25, 0.3) is 0 Å². The van der Waals surface area contributed by atoms with Gasteiger partial charge in [-0.25, -0.2) is 0 Å². The van der Waals surface area contributed by atoms with Gasteiger partial charge in [-0.05, 0) is 24.8 Å². The Hall–Kier alpha value is -0.670. The van der Waals surface area contributed by atoms with Gasteiger partial charge in [0, 0.05) is 17.8 Å². The van der Waals surface area contributed by atoms with Crippen LogP contribution < -0.4 is 5.73 Å². The van der Waals surface area contributed by atoms with Gasteiger partial charge in [0.2, 0.25) is 0 Å². The van der Waals surface area contributed by atoms with Crippen LogP contribution in [0.1, 0.15) is 24.4 Å². The maximum Gasteiger partial charge on any atom is 0.108 e. The first-order valence-corrected chi connectivity index (χ1v) is 4.63. The lowest BCUT2D eigenvalue weighted by molar-refractivity contribution is 0.629. The van der Waals surface area contributed by atoms with Crippen LogP contribution in [0.5, 0.6) is 0 Å². The molecule has 1 aromatic heterocycles. The quantitative estimate of drug-likeness (QED) is 0.685. The van der Waals surface area contributed by atoms with Crippen LogP contribution in [0.3, 0.4) is 0 Å². The van der Waals surface area contributed by atoms with Crippen LogP contribution in [0.4, 0.5) is 0 Å². The Bertz CT molecular complexity index is 327. The standard InChI is InChI=1S/C9H12N2S/c10-8(6-3-4-6)7-2-1-5-11-9(7)12/h1-2,5-6,8H,3-4,10H2,(H,11,12). The average molecular weight is 180 g/mol. The van der Waals surface area contributed by atoms with Crippen LogP contribution in [-0.4, -0.2) is 4.98 Å². The molecule has 1 aliphatic carbocycles. The fourth-order valence-electron chi connectivity index (χ4n) is 1.41. The third-order valence-corrected chi connectivity index (χ3v) is 2.69. The van der Waals surface area contributed by atoms with Crippen molar-refractivity contribution >= 4 is 12.2 Å². The molecule has 2 nitrogen and oxygen atoms in total. The topological polar surface area (TPSA) is 41.8 Å². The Balaban J connectivity index is 2.32. The Morgan fingerprint density at radius 3 is 2.92 bits per heavy atom. The maximum absolute atomic E-state index is 6.01. The summed E-state index contributed by atoms with van der Waals surface area (Å²) >= 11 is 5.14. The third-order valence-electron chi connectivity index (χ3n) is 2.34. The van der Waals surface area contributed by atoms with Crippen molar-refractivity contribution in [3.8, 4) is 0 Å². The van der Waals surface area contributed by atoms with E-state index in [9.17, 15) is 0 Å². The highest BCUT2D eigenvalue weighted by Crippen LogP contribution is 2.39. The number of nitrogens with two attached hydrogens (primary N) is 1. The van der Waals surface area contributed by atoms with Crippen LogP contribution in [0, 0.1) is 10.6 Å². The van der Waals surface area contributed by atoms with Gasteiger partial charge < -0.3 is 10.7 Å². The van der Waals surface area contributed by atoms with Crippen molar-refractivity contribution in [2.45, 2.75) is 18.9 Å². The molecule has 0 saturated heterocycles. The largest absolute Gasteiger partial charge is 0.353 e. The van der Waals surface area contributed by atoms with E-state index in [1.807, 2.05) is 18.3 Å². The Morgan fingerprint density at radius 1 is 1.58 bits per heavy atom. The first-order valence-electron chi connectivity index (χ1n) is 4.22. The molecule has 0 aromatic carbocycles. The normalized spacial score (nSPS) is 19.1. The SMILES string of the molecule is NC(c1ccc[nH]c1=S)C1CC1. The van der Waals surface area contributed by atoms with Crippen molar-refractivity contribution in [2.75, 3.05) is 0 Å². The molecule has 1 aromatic rings.